The first kappa shape index (κ1) is 7.98. The second-order valence-corrected chi connectivity index (χ2v) is 2.98. The normalized spacial score (nSPS) is 13.8. The molecule has 0 unspecified atom stereocenters. The molecule has 1 aliphatic carbocycles. The minimum absolute atomic E-state index is 0.133. The molecule has 0 fully saturated rings. The van der Waals surface area contributed by atoms with E-state index in [4.69, 9.17) is 5.11 Å². The number of carboxylic acid groups (broad SMARTS) is 1. The molecular formula is C10H9NO2. The first-order valence-corrected chi connectivity index (χ1v) is 4.17. The Morgan fingerprint density at radius 2 is 2.31 bits per heavy atom. The first-order chi connectivity index (χ1) is 6.27. The zero-order chi connectivity index (χ0) is 9.26. The monoisotopic (exact) mass is 175 g/mol. The zero-order valence-electron chi connectivity index (χ0n) is 7.03. The Morgan fingerprint density at radius 3 is 3.08 bits per heavy atom. The van der Waals surface area contributed by atoms with Crippen molar-refractivity contribution in [2.45, 2.75) is 12.8 Å². The topological polar surface area (TPSA) is 50.2 Å². The van der Waals surface area contributed by atoms with Gasteiger partial charge in [-0.05, 0) is 24.5 Å². The van der Waals surface area contributed by atoms with Crippen LogP contribution in [0.15, 0.2) is 18.2 Å². The molecule has 1 N–H and O–H groups in total. The van der Waals surface area contributed by atoms with Crippen molar-refractivity contribution in [1.82, 2.24) is 4.98 Å². The largest absolute Gasteiger partial charge is 0.477 e. The molecule has 1 aromatic heterocycles. The van der Waals surface area contributed by atoms with Crippen LogP contribution < -0.4 is 0 Å². The van der Waals surface area contributed by atoms with Gasteiger partial charge in [0.05, 0.1) is 0 Å². The van der Waals surface area contributed by atoms with Crippen LogP contribution in [0.4, 0.5) is 0 Å². The summed E-state index contributed by atoms with van der Waals surface area (Å²) in [6.45, 7) is 0. The molecular weight excluding hydrogens is 166 g/mol. The number of allylic oxidation sites excluding steroid dienone is 1. The Labute approximate surface area is 75.7 Å². The molecule has 3 heteroatoms. The molecule has 0 saturated heterocycles. The summed E-state index contributed by atoms with van der Waals surface area (Å²) in [7, 11) is 0. The molecule has 0 spiro atoms. The third kappa shape index (κ3) is 1.45. The van der Waals surface area contributed by atoms with Crippen molar-refractivity contribution in [3.63, 3.8) is 0 Å². The number of carboxylic acids is 1. The van der Waals surface area contributed by atoms with Crippen LogP contribution in [0.2, 0.25) is 0 Å². The van der Waals surface area contributed by atoms with Crippen molar-refractivity contribution in [1.29, 1.82) is 0 Å². The van der Waals surface area contributed by atoms with Crippen molar-refractivity contribution < 1.29 is 9.90 Å². The first-order valence-electron chi connectivity index (χ1n) is 4.17. The molecule has 1 aromatic rings. The predicted molar refractivity (Wildman–Crippen MR) is 48.6 cm³/mol. The standard InChI is InChI=1S/C10H9NO2/c12-10(13)9-6-5-7-3-1-2-4-8(7)11-9/h1,3,5-6H,2,4H2,(H,12,13). The quantitative estimate of drug-likeness (QED) is 0.707. The van der Waals surface area contributed by atoms with E-state index < -0.39 is 5.97 Å². The van der Waals surface area contributed by atoms with Gasteiger partial charge in [-0.25, -0.2) is 9.78 Å². The fourth-order valence-electron chi connectivity index (χ4n) is 1.41. The molecule has 2 rings (SSSR count). The highest BCUT2D eigenvalue weighted by molar-refractivity contribution is 5.85. The molecule has 0 saturated carbocycles. The zero-order valence-corrected chi connectivity index (χ0v) is 7.03. The third-order valence-corrected chi connectivity index (χ3v) is 2.07. The van der Waals surface area contributed by atoms with Crippen molar-refractivity contribution in [2.24, 2.45) is 0 Å². The van der Waals surface area contributed by atoms with Crippen molar-refractivity contribution >= 4 is 12.0 Å². The summed E-state index contributed by atoms with van der Waals surface area (Å²) >= 11 is 0. The highest BCUT2D eigenvalue weighted by Crippen LogP contribution is 2.17. The highest BCUT2D eigenvalue weighted by Gasteiger charge is 2.10. The van der Waals surface area contributed by atoms with Crippen molar-refractivity contribution in [3.05, 3.63) is 35.2 Å². The number of aromatic nitrogens is 1. The van der Waals surface area contributed by atoms with E-state index in [0.29, 0.717) is 0 Å². The van der Waals surface area contributed by atoms with E-state index in [-0.39, 0.29) is 5.69 Å². The molecule has 0 amide bonds. The summed E-state index contributed by atoms with van der Waals surface area (Å²) in [6, 6.07) is 3.35. The average Bonchev–Trinajstić information content (AvgIpc) is 2.17. The molecule has 0 radical (unpaired) electrons. The Bertz CT molecular complexity index is 383. The molecule has 0 aliphatic heterocycles. The van der Waals surface area contributed by atoms with Crippen LogP contribution in [-0.4, -0.2) is 16.1 Å². The SMILES string of the molecule is O=C(O)c1ccc2c(n1)CCC=C2. The summed E-state index contributed by atoms with van der Waals surface area (Å²) in [5, 5.41) is 8.71. The summed E-state index contributed by atoms with van der Waals surface area (Å²) in [5.41, 5.74) is 2.06. The van der Waals surface area contributed by atoms with Gasteiger partial charge in [0.25, 0.3) is 0 Å². The second-order valence-electron chi connectivity index (χ2n) is 2.98. The Morgan fingerprint density at radius 1 is 1.46 bits per heavy atom. The summed E-state index contributed by atoms with van der Waals surface area (Å²) in [5.74, 6) is -0.961. The van der Waals surface area contributed by atoms with Gasteiger partial charge < -0.3 is 5.11 Å². The molecule has 13 heavy (non-hydrogen) atoms. The van der Waals surface area contributed by atoms with Gasteiger partial charge in [0.2, 0.25) is 0 Å². The van der Waals surface area contributed by atoms with Crippen LogP contribution in [0, 0.1) is 0 Å². The van der Waals surface area contributed by atoms with Crippen molar-refractivity contribution in [3.8, 4) is 0 Å². The molecule has 3 nitrogen and oxygen atoms in total. The van der Waals surface area contributed by atoms with Gasteiger partial charge in [0, 0.05) is 5.69 Å². The lowest BCUT2D eigenvalue weighted by Gasteiger charge is -2.08. The number of nitrogens with zero attached hydrogens (tertiary/aromatic N) is 1. The molecule has 0 atom stereocenters. The van der Waals surface area contributed by atoms with Gasteiger partial charge in [-0.3, -0.25) is 0 Å². The molecule has 66 valence electrons. The Hall–Kier alpha value is -1.64. The van der Waals surface area contributed by atoms with Crippen LogP contribution in [0.25, 0.3) is 6.08 Å². The summed E-state index contributed by atoms with van der Waals surface area (Å²) in [6.07, 6.45) is 5.85. The number of rotatable bonds is 1. The third-order valence-electron chi connectivity index (χ3n) is 2.07. The minimum Gasteiger partial charge on any atom is -0.477 e. The number of aryl methyl sites for hydroxylation is 1. The van der Waals surface area contributed by atoms with E-state index in [1.54, 1.807) is 6.07 Å². The number of fused-ring (bicyclic) bond motifs is 1. The number of aromatic carboxylic acids is 1. The van der Waals surface area contributed by atoms with E-state index >= 15 is 0 Å². The maximum Gasteiger partial charge on any atom is 0.354 e. The van der Waals surface area contributed by atoms with Gasteiger partial charge in [0.1, 0.15) is 5.69 Å². The predicted octanol–water partition coefficient (Wildman–Crippen LogP) is 1.74. The maximum absolute atomic E-state index is 10.6. The van der Waals surface area contributed by atoms with E-state index in [1.807, 2.05) is 6.08 Å². The maximum atomic E-state index is 10.6. The summed E-state index contributed by atoms with van der Waals surface area (Å²) in [4.78, 5) is 14.7. The van der Waals surface area contributed by atoms with E-state index in [0.717, 1.165) is 24.1 Å². The minimum atomic E-state index is -0.961. The van der Waals surface area contributed by atoms with Gasteiger partial charge in [-0.15, -0.1) is 0 Å². The van der Waals surface area contributed by atoms with Gasteiger partial charge >= 0.3 is 5.97 Å². The lowest BCUT2D eigenvalue weighted by molar-refractivity contribution is 0.0690. The summed E-state index contributed by atoms with van der Waals surface area (Å²) < 4.78 is 0. The van der Waals surface area contributed by atoms with Gasteiger partial charge in [-0.2, -0.15) is 0 Å². The van der Waals surface area contributed by atoms with Crippen LogP contribution in [0.1, 0.15) is 28.2 Å². The molecule has 1 aliphatic rings. The van der Waals surface area contributed by atoms with E-state index in [2.05, 4.69) is 11.1 Å². The molecule has 0 bridgehead atoms. The number of hydrogen-bond donors (Lipinski definition) is 1. The van der Waals surface area contributed by atoms with Crippen molar-refractivity contribution in [2.75, 3.05) is 0 Å². The molecule has 1 heterocycles. The van der Waals surface area contributed by atoms with E-state index in [9.17, 15) is 4.79 Å². The van der Waals surface area contributed by atoms with Gasteiger partial charge in [0.15, 0.2) is 0 Å². The fourth-order valence-corrected chi connectivity index (χ4v) is 1.41. The Balaban J connectivity index is 2.48. The van der Waals surface area contributed by atoms with Gasteiger partial charge in [-0.1, -0.05) is 18.2 Å². The van der Waals surface area contributed by atoms with Crippen LogP contribution >= 0.6 is 0 Å². The Kier molecular flexibility index (Phi) is 1.85. The van der Waals surface area contributed by atoms with Crippen LogP contribution in [-0.2, 0) is 6.42 Å². The number of carbonyl (C=O) groups is 1. The van der Waals surface area contributed by atoms with Crippen LogP contribution in [0.3, 0.4) is 0 Å². The second kappa shape index (κ2) is 3.01. The van der Waals surface area contributed by atoms with E-state index in [1.165, 1.54) is 6.07 Å². The smallest absolute Gasteiger partial charge is 0.354 e. The highest BCUT2D eigenvalue weighted by atomic mass is 16.4. The fraction of sp³-hybridized carbons (Fsp3) is 0.200. The molecule has 0 aromatic carbocycles. The average molecular weight is 175 g/mol. The lowest BCUT2D eigenvalue weighted by Crippen LogP contribution is -2.05. The lowest BCUT2D eigenvalue weighted by atomic mass is 10.0. The number of pyridine rings is 1. The number of hydrogen-bond acceptors (Lipinski definition) is 2. The van der Waals surface area contributed by atoms with Crippen LogP contribution in [0.5, 0.6) is 0 Å².